The van der Waals surface area contributed by atoms with Gasteiger partial charge in [-0.1, -0.05) is 31.2 Å². The van der Waals surface area contributed by atoms with Crippen LogP contribution < -0.4 is 5.32 Å². The molecule has 144 valence electrons. The van der Waals surface area contributed by atoms with Crippen LogP contribution >= 0.6 is 0 Å². The molecule has 6 heteroatoms. The van der Waals surface area contributed by atoms with Crippen molar-refractivity contribution in [1.82, 2.24) is 4.31 Å². The zero-order valence-electron chi connectivity index (χ0n) is 16.0. The summed E-state index contributed by atoms with van der Waals surface area (Å²) in [6.45, 7) is 6.93. The minimum absolute atomic E-state index is 0.178. The fourth-order valence-electron chi connectivity index (χ4n) is 3.28. The first kappa shape index (κ1) is 19.6. The Morgan fingerprint density at radius 3 is 2.37 bits per heavy atom. The number of hydrogen-bond acceptors (Lipinski definition) is 3. The first-order chi connectivity index (χ1) is 12.8. The van der Waals surface area contributed by atoms with E-state index in [2.05, 4.69) is 12.2 Å². The van der Waals surface area contributed by atoms with Gasteiger partial charge in [-0.15, -0.1) is 0 Å². The number of nitrogens with zero attached hydrogens (tertiary/aromatic N) is 1. The van der Waals surface area contributed by atoms with E-state index in [0.29, 0.717) is 24.6 Å². The minimum Gasteiger partial charge on any atom is -0.322 e. The smallest absolute Gasteiger partial charge is 0.255 e. The van der Waals surface area contributed by atoms with Crippen molar-refractivity contribution in [1.29, 1.82) is 0 Å². The molecule has 0 atom stereocenters. The summed E-state index contributed by atoms with van der Waals surface area (Å²) in [5.74, 6) is 0.246. The Bertz CT molecular complexity index is 946. The summed E-state index contributed by atoms with van der Waals surface area (Å²) in [5.41, 5.74) is 2.80. The van der Waals surface area contributed by atoms with Crippen LogP contribution in [0.1, 0.15) is 41.3 Å². The fraction of sp³-hybridized carbons (Fsp3) is 0.381. The van der Waals surface area contributed by atoms with Gasteiger partial charge >= 0.3 is 0 Å². The Kier molecular flexibility index (Phi) is 5.67. The molecule has 1 aliphatic heterocycles. The molecule has 0 radical (unpaired) electrons. The summed E-state index contributed by atoms with van der Waals surface area (Å²) >= 11 is 0. The molecule has 5 nitrogen and oxygen atoms in total. The van der Waals surface area contributed by atoms with Crippen LogP contribution in [0, 0.1) is 19.8 Å². The lowest BCUT2D eigenvalue weighted by atomic mass is 10.0. The van der Waals surface area contributed by atoms with Gasteiger partial charge in [0.2, 0.25) is 10.0 Å². The molecular formula is C21H26N2O3S. The number of para-hydroxylation sites is 1. The predicted molar refractivity (Wildman–Crippen MR) is 107 cm³/mol. The zero-order valence-corrected chi connectivity index (χ0v) is 16.8. The van der Waals surface area contributed by atoms with Crippen LogP contribution in [0.5, 0.6) is 0 Å². The molecular weight excluding hydrogens is 360 g/mol. The van der Waals surface area contributed by atoms with Crippen LogP contribution in [0.15, 0.2) is 47.4 Å². The molecule has 27 heavy (non-hydrogen) atoms. The SMILES string of the molecule is Cc1ccccc1NC(=O)c1cc(S(=O)(=O)N2CCC(C)CC2)ccc1C. The monoisotopic (exact) mass is 386 g/mol. The first-order valence-electron chi connectivity index (χ1n) is 9.27. The van der Waals surface area contributed by atoms with Crippen molar-refractivity contribution in [2.75, 3.05) is 18.4 Å². The third-order valence-corrected chi connectivity index (χ3v) is 7.12. The second-order valence-electron chi connectivity index (χ2n) is 7.33. The quantitative estimate of drug-likeness (QED) is 0.864. The Morgan fingerprint density at radius 2 is 1.70 bits per heavy atom. The Balaban J connectivity index is 1.88. The molecule has 0 bridgehead atoms. The molecule has 0 saturated carbocycles. The Morgan fingerprint density at radius 1 is 1.04 bits per heavy atom. The highest BCUT2D eigenvalue weighted by Crippen LogP contribution is 2.25. The van der Waals surface area contributed by atoms with Gasteiger partial charge in [0.25, 0.3) is 5.91 Å². The lowest BCUT2D eigenvalue weighted by Gasteiger charge is -2.29. The molecule has 1 aliphatic rings. The maximum absolute atomic E-state index is 13.0. The largest absolute Gasteiger partial charge is 0.322 e. The van der Waals surface area contributed by atoms with E-state index in [1.54, 1.807) is 12.1 Å². The summed E-state index contributed by atoms with van der Waals surface area (Å²) in [5, 5.41) is 2.88. The van der Waals surface area contributed by atoms with Gasteiger partial charge in [0.05, 0.1) is 4.90 Å². The van der Waals surface area contributed by atoms with Crippen LogP contribution in [0.3, 0.4) is 0 Å². The van der Waals surface area contributed by atoms with Crippen molar-refractivity contribution in [2.24, 2.45) is 5.92 Å². The van der Waals surface area contributed by atoms with Gasteiger partial charge in [-0.25, -0.2) is 8.42 Å². The number of benzene rings is 2. The van der Waals surface area contributed by atoms with Crippen LogP contribution in [0.25, 0.3) is 0 Å². The third-order valence-electron chi connectivity index (χ3n) is 5.23. The molecule has 0 aromatic heterocycles. The highest BCUT2D eigenvalue weighted by atomic mass is 32.2. The van der Waals surface area contributed by atoms with Crippen molar-refractivity contribution in [2.45, 2.75) is 38.5 Å². The van der Waals surface area contributed by atoms with Crippen molar-refractivity contribution in [3.63, 3.8) is 0 Å². The minimum atomic E-state index is -3.59. The number of hydrogen-bond donors (Lipinski definition) is 1. The molecule has 1 saturated heterocycles. The lowest BCUT2D eigenvalue weighted by molar-refractivity contribution is 0.102. The van der Waals surface area contributed by atoms with E-state index in [9.17, 15) is 13.2 Å². The molecule has 3 rings (SSSR count). The van der Waals surface area contributed by atoms with Crippen LogP contribution in [-0.2, 0) is 10.0 Å². The Hall–Kier alpha value is -2.18. The maximum atomic E-state index is 13.0. The van der Waals surface area contributed by atoms with Gasteiger partial charge in [-0.2, -0.15) is 4.31 Å². The van der Waals surface area contributed by atoms with E-state index in [0.717, 1.165) is 29.7 Å². The van der Waals surface area contributed by atoms with Crippen molar-refractivity contribution >= 4 is 21.6 Å². The van der Waals surface area contributed by atoms with Gasteiger partial charge in [-0.05, 0) is 61.9 Å². The molecule has 2 aromatic carbocycles. The number of nitrogens with one attached hydrogen (secondary N) is 1. The standard InChI is InChI=1S/C21H26N2O3S/c1-15-10-12-23(13-11-15)27(25,26)18-9-8-16(2)19(14-18)21(24)22-20-7-5-4-6-17(20)3/h4-9,14-15H,10-13H2,1-3H3,(H,22,24). The number of amides is 1. The van der Waals surface area contributed by atoms with Crippen molar-refractivity contribution in [3.8, 4) is 0 Å². The van der Waals surface area contributed by atoms with E-state index in [1.165, 1.54) is 10.4 Å². The van der Waals surface area contributed by atoms with E-state index in [-0.39, 0.29) is 10.8 Å². The molecule has 2 aromatic rings. The van der Waals surface area contributed by atoms with Crippen molar-refractivity contribution in [3.05, 3.63) is 59.2 Å². The second-order valence-corrected chi connectivity index (χ2v) is 9.27. The molecule has 0 aliphatic carbocycles. The summed E-state index contributed by atoms with van der Waals surface area (Å²) in [7, 11) is -3.59. The highest BCUT2D eigenvalue weighted by molar-refractivity contribution is 7.89. The van der Waals surface area contributed by atoms with E-state index in [1.807, 2.05) is 38.1 Å². The Labute approximate surface area is 161 Å². The summed E-state index contributed by atoms with van der Waals surface area (Å²) < 4.78 is 27.5. The topological polar surface area (TPSA) is 66.5 Å². The van der Waals surface area contributed by atoms with Crippen LogP contribution in [0.4, 0.5) is 5.69 Å². The average Bonchev–Trinajstić information content (AvgIpc) is 2.64. The summed E-state index contributed by atoms with van der Waals surface area (Å²) in [6, 6.07) is 12.3. The molecule has 1 N–H and O–H groups in total. The predicted octanol–water partition coefficient (Wildman–Crippen LogP) is 3.98. The maximum Gasteiger partial charge on any atom is 0.255 e. The highest BCUT2D eigenvalue weighted by Gasteiger charge is 2.29. The van der Waals surface area contributed by atoms with E-state index >= 15 is 0 Å². The molecule has 1 amide bonds. The second kappa shape index (κ2) is 7.82. The normalized spacial score (nSPS) is 16.3. The van der Waals surface area contributed by atoms with Crippen molar-refractivity contribution < 1.29 is 13.2 Å². The number of carbonyl (C=O) groups is 1. The number of carbonyl (C=O) groups excluding carboxylic acids is 1. The van der Waals surface area contributed by atoms with Crippen LogP contribution in [-0.4, -0.2) is 31.7 Å². The molecule has 1 fully saturated rings. The zero-order chi connectivity index (χ0) is 19.6. The van der Waals surface area contributed by atoms with E-state index in [4.69, 9.17) is 0 Å². The number of sulfonamides is 1. The molecule has 1 heterocycles. The lowest BCUT2D eigenvalue weighted by Crippen LogP contribution is -2.38. The summed E-state index contributed by atoms with van der Waals surface area (Å²) in [6.07, 6.45) is 1.73. The summed E-state index contributed by atoms with van der Waals surface area (Å²) in [4.78, 5) is 12.9. The van der Waals surface area contributed by atoms with Gasteiger partial charge in [0.1, 0.15) is 0 Å². The van der Waals surface area contributed by atoms with Gasteiger partial charge in [0, 0.05) is 24.3 Å². The number of rotatable bonds is 4. The molecule has 0 unspecified atom stereocenters. The van der Waals surface area contributed by atoms with Gasteiger partial charge < -0.3 is 5.32 Å². The number of aryl methyl sites for hydroxylation is 2. The molecule has 0 spiro atoms. The van der Waals surface area contributed by atoms with E-state index < -0.39 is 10.0 Å². The van der Waals surface area contributed by atoms with Crippen LogP contribution in [0.2, 0.25) is 0 Å². The number of anilines is 1. The third kappa shape index (κ3) is 4.22. The number of piperidine rings is 1. The first-order valence-corrected chi connectivity index (χ1v) is 10.7. The average molecular weight is 387 g/mol. The fourth-order valence-corrected chi connectivity index (χ4v) is 4.78. The van der Waals surface area contributed by atoms with Gasteiger partial charge in [0.15, 0.2) is 0 Å². The van der Waals surface area contributed by atoms with Gasteiger partial charge in [-0.3, -0.25) is 4.79 Å².